The van der Waals surface area contributed by atoms with Crippen molar-refractivity contribution >= 4 is 11.9 Å². The zero-order valence-corrected chi connectivity index (χ0v) is 11.7. The van der Waals surface area contributed by atoms with Crippen LogP contribution in [0.15, 0.2) is 42.5 Å². The number of aliphatic carboxylic acids is 1. The number of amides is 1. The molecule has 1 aromatic carbocycles. The van der Waals surface area contributed by atoms with E-state index in [4.69, 9.17) is 0 Å². The molecule has 2 aliphatic carbocycles. The van der Waals surface area contributed by atoms with Crippen molar-refractivity contribution in [1.82, 2.24) is 5.32 Å². The lowest BCUT2D eigenvalue weighted by molar-refractivity contribution is -0.147. The Bertz CT molecular complexity index is 567. The van der Waals surface area contributed by atoms with Crippen LogP contribution < -0.4 is 5.32 Å². The first kappa shape index (κ1) is 13.9. The summed E-state index contributed by atoms with van der Waals surface area (Å²) in [4.78, 5) is 23.7. The molecule has 4 atom stereocenters. The first-order valence-electron chi connectivity index (χ1n) is 7.39. The van der Waals surface area contributed by atoms with Crippen LogP contribution >= 0.6 is 0 Å². The molecule has 2 N–H and O–H groups in total. The van der Waals surface area contributed by atoms with E-state index in [0.29, 0.717) is 6.54 Å². The number of carbonyl (C=O) groups is 2. The van der Waals surface area contributed by atoms with E-state index in [1.54, 1.807) is 0 Å². The second-order valence-electron chi connectivity index (χ2n) is 5.86. The first-order valence-corrected chi connectivity index (χ1v) is 7.39. The predicted molar refractivity (Wildman–Crippen MR) is 78.5 cm³/mol. The van der Waals surface area contributed by atoms with Crippen LogP contribution in [0, 0.1) is 23.7 Å². The van der Waals surface area contributed by atoms with Gasteiger partial charge in [0.1, 0.15) is 0 Å². The second-order valence-corrected chi connectivity index (χ2v) is 5.86. The molecule has 0 radical (unpaired) electrons. The van der Waals surface area contributed by atoms with E-state index in [1.807, 2.05) is 42.5 Å². The average Bonchev–Trinajstić information content (AvgIpc) is 3.08. The molecule has 0 saturated heterocycles. The number of allylic oxidation sites excluding steroid dienone is 2. The number of carboxylic acid groups (broad SMARTS) is 1. The Balaban J connectivity index is 1.58. The monoisotopic (exact) mass is 285 g/mol. The van der Waals surface area contributed by atoms with Crippen LogP contribution in [0.2, 0.25) is 0 Å². The zero-order chi connectivity index (χ0) is 14.8. The highest BCUT2D eigenvalue weighted by atomic mass is 16.4. The van der Waals surface area contributed by atoms with Gasteiger partial charge in [-0.3, -0.25) is 9.59 Å². The molecule has 21 heavy (non-hydrogen) atoms. The van der Waals surface area contributed by atoms with Gasteiger partial charge in [-0.25, -0.2) is 0 Å². The van der Waals surface area contributed by atoms with Gasteiger partial charge in [0.25, 0.3) is 0 Å². The van der Waals surface area contributed by atoms with Gasteiger partial charge in [0, 0.05) is 6.54 Å². The Morgan fingerprint density at radius 2 is 1.76 bits per heavy atom. The third-order valence-electron chi connectivity index (χ3n) is 4.60. The molecule has 1 amide bonds. The fourth-order valence-electron chi connectivity index (χ4n) is 3.61. The molecule has 4 nitrogen and oxygen atoms in total. The number of hydrogen-bond donors (Lipinski definition) is 2. The number of carboxylic acids is 1. The van der Waals surface area contributed by atoms with E-state index in [0.717, 1.165) is 12.8 Å². The minimum atomic E-state index is -0.852. The fourth-order valence-corrected chi connectivity index (χ4v) is 3.61. The Kier molecular flexibility index (Phi) is 3.78. The summed E-state index contributed by atoms with van der Waals surface area (Å²) in [6, 6.07) is 9.94. The molecular formula is C17H19NO3. The number of benzene rings is 1. The Morgan fingerprint density at radius 1 is 1.10 bits per heavy atom. The molecule has 0 heterocycles. The molecule has 2 bridgehead atoms. The lowest BCUT2D eigenvalue weighted by Crippen LogP contribution is -2.40. The summed E-state index contributed by atoms with van der Waals surface area (Å²) < 4.78 is 0. The molecule has 4 heteroatoms. The Morgan fingerprint density at radius 3 is 2.43 bits per heavy atom. The highest BCUT2D eigenvalue weighted by Gasteiger charge is 2.51. The van der Waals surface area contributed by atoms with Crippen molar-refractivity contribution in [3.8, 4) is 0 Å². The highest BCUT2D eigenvalue weighted by molar-refractivity contribution is 5.86. The molecule has 1 fully saturated rings. The van der Waals surface area contributed by atoms with Crippen LogP contribution in [-0.4, -0.2) is 23.5 Å². The zero-order valence-electron chi connectivity index (χ0n) is 11.7. The number of fused-ring (bicyclic) bond motifs is 2. The molecule has 3 rings (SSSR count). The number of nitrogens with one attached hydrogen (secondary N) is 1. The third-order valence-corrected chi connectivity index (χ3v) is 4.60. The van der Waals surface area contributed by atoms with E-state index in [-0.39, 0.29) is 17.7 Å². The Labute approximate surface area is 123 Å². The van der Waals surface area contributed by atoms with E-state index < -0.39 is 17.8 Å². The summed E-state index contributed by atoms with van der Waals surface area (Å²) in [5.74, 6) is -1.82. The first-order chi connectivity index (χ1) is 10.2. The maximum absolute atomic E-state index is 12.3. The third kappa shape index (κ3) is 2.71. The van der Waals surface area contributed by atoms with Crippen LogP contribution in [0.4, 0.5) is 0 Å². The molecule has 0 aliphatic heterocycles. The van der Waals surface area contributed by atoms with Crippen molar-refractivity contribution in [3.63, 3.8) is 0 Å². The van der Waals surface area contributed by atoms with Crippen molar-refractivity contribution < 1.29 is 14.7 Å². The molecule has 0 aromatic heterocycles. The minimum absolute atomic E-state index is 0.0253. The van der Waals surface area contributed by atoms with Gasteiger partial charge < -0.3 is 10.4 Å². The second kappa shape index (κ2) is 5.72. The normalized spacial score (nSPS) is 29.5. The van der Waals surface area contributed by atoms with E-state index in [9.17, 15) is 14.7 Å². The maximum atomic E-state index is 12.3. The van der Waals surface area contributed by atoms with Crippen molar-refractivity contribution in [3.05, 3.63) is 48.0 Å². The van der Waals surface area contributed by atoms with Crippen molar-refractivity contribution in [2.75, 3.05) is 6.54 Å². The smallest absolute Gasteiger partial charge is 0.307 e. The molecular weight excluding hydrogens is 266 g/mol. The molecule has 0 unspecified atom stereocenters. The van der Waals surface area contributed by atoms with Gasteiger partial charge >= 0.3 is 5.97 Å². The highest BCUT2D eigenvalue weighted by Crippen LogP contribution is 2.48. The van der Waals surface area contributed by atoms with Gasteiger partial charge in [-0.2, -0.15) is 0 Å². The predicted octanol–water partition coefficient (Wildman–Crippen LogP) is 1.87. The molecule has 0 spiro atoms. The summed E-state index contributed by atoms with van der Waals surface area (Å²) in [5.41, 5.74) is 1.17. The van der Waals surface area contributed by atoms with Crippen molar-refractivity contribution in [1.29, 1.82) is 0 Å². The van der Waals surface area contributed by atoms with Gasteiger partial charge in [0.2, 0.25) is 5.91 Å². The lowest BCUT2D eigenvalue weighted by atomic mass is 9.82. The van der Waals surface area contributed by atoms with Crippen molar-refractivity contribution in [2.24, 2.45) is 23.7 Å². The fraction of sp³-hybridized carbons (Fsp3) is 0.412. The lowest BCUT2D eigenvalue weighted by Gasteiger charge is -2.23. The summed E-state index contributed by atoms with van der Waals surface area (Å²) in [6.07, 6.45) is 5.53. The topological polar surface area (TPSA) is 66.4 Å². The van der Waals surface area contributed by atoms with E-state index in [2.05, 4.69) is 5.32 Å². The molecule has 1 aromatic rings. The van der Waals surface area contributed by atoms with Crippen LogP contribution in [0.1, 0.15) is 12.0 Å². The van der Waals surface area contributed by atoms with Crippen LogP contribution in [0.3, 0.4) is 0 Å². The standard InChI is InChI=1S/C17H19NO3/c19-16(18-9-8-11-4-2-1-3-5-11)14-12-6-7-13(10-12)15(14)17(20)21/h1-7,12-15H,8-10H2,(H,18,19)(H,20,21)/t12-,13-,14-,15-/m0/s1. The Hall–Kier alpha value is -2.10. The van der Waals surface area contributed by atoms with E-state index in [1.165, 1.54) is 5.56 Å². The van der Waals surface area contributed by atoms with E-state index >= 15 is 0 Å². The molecule has 2 aliphatic rings. The van der Waals surface area contributed by atoms with Crippen molar-refractivity contribution in [2.45, 2.75) is 12.8 Å². The summed E-state index contributed by atoms with van der Waals surface area (Å²) in [7, 11) is 0. The summed E-state index contributed by atoms with van der Waals surface area (Å²) in [6.45, 7) is 0.548. The summed E-state index contributed by atoms with van der Waals surface area (Å²) >= 11 is 0. The van der Waals surface area contributed by atoms with Crippen LogP contribution in [0.25, 0.3) is 0 Å². The largest absolute Gasteiger partial charge is 0.481 e. The SMILES string of the molecule is O=C(O)[C@@H]1[C@@H](C(=O)NCCc2ccccc2)[C@H]2C=C[C@H]1C2. The minimum Gasteiger partial charge on any atom is -0.481 e. The van der Waals surface area contributed by atoms with Gasteiger partial charge in [-0.1, -0.05) is 42.5 Å². The number of carbonyl (C=O) groups excluding carboxylic acids is 1. The molecule has 1 saturated carbocycles. The van der Waals surface area contributed by atoms with Gasteiger partial charge in [0.05, 0.1) is 11.8 Å². The number of rotatable bonds is 5. The van der Waals surface area contributed by atoms with Crippen LogP contribution in [-0.2, 0) is 16.0 Å². The number of hydrogen-bond acceptors (Lipinski definition) is 2. The van der Waals surface area contributed by atoms with Crippen LogP contribution in [0.5, 0.6) is 0 Å². The average molecular weight is 285 g/mol. The molecule has 110 valence electrons. The van der Waals surface area contributed by atoms with Gasteiger partial charge in [-0.05, 0) is 30.2 Å². The maximum Gasteiger partial charge on any atom is 0.307 e. The quantitative estimate of drug-likeness (QED) is 0.812. The van der Waals surface area contributed by atoms with Gasteiger partial charge in [-0.15, -0.1) is 0 Å². The van der Waals surface area contributed by atoms with Gasteiger partial charge in [0.15, 0.2) is 0 Å². The summed E-state index contributed by atoms with van der Waals surface area (Å²) in [5, 5.41) is 12.3.